The number of hydrogen-bond acceptors (Lipinski definition) is 4. The smallest absolute Gasteiger partial charge is 0.161 e. The Balaban J connectivity index is 1.60. The molecule has 8 heteroatoms. The van der Waals surface area contributed by atoms with Crippen LogP contribution in [0.5, 0.6) is 0 Å². The molecule has 0 unspecified atom stereocenters. The fourth-order valence-corrected chi connectivity index (χ4v) is 3.54. The number of aryl methyl sites for hydroxylation is 1. The van der Waals surface area contributed by atoms with Gasteiger partial charge in [-0.15, -0.1) is 0 Å². The highest BCUT2D eigenvalue weighted by molar-refractivity contribution is 6.29. The Kier molecular flexibility index (Phi) is 6.42. The van der Waals surface area contributed by atoms with Gasteiger partial charge in [0.15, 0.2) is 5.65 Å². The molecule has 0 aromatic carbocycles. The second kappa shape index (κ2) is 8.61. The Hall–Kier alpha value is -1.60. The number of Topliss-reactive ketones (excluding diaryl/α,β-unsaturated/α-hetero) is 1. The van der Waals surface area contributed by atoms with Crippen LogP contribution >= 0.6 is 11.6 Å². The van der Waals surface area contributed by atoms with Crippen molar-refractivity contribution in [3.05, 3.63) is 23.1 Å². The highest BCUT2D eigenvalue weighted by Crippen LogP contribution is 2.35. The number of ketones is 1. The van der Waals surface area contributed by atoms with Crippen LogP contribution in [0, 0.1) is 0 Å². The molecule has 27 heavy (non-hydrogen) atoms. The number of halogens is 3. The van der Waals surface area contributed by atoms with Crippen LogP contribution in [0.4, 0.5) is 8.78 Å². The van der Waals surface area contributed by atoms with Crippen molar-refractivity contribution >= 4 is 28.5 Å². The number of imidazole rings is 1. The van der Waals surface area contributed by atoms with Crippen LogP contribution in [0.3, 0.4) is 0 Å². The molecule has 2 heterocycles. The minimum absolute atomic E-state index is 0.191. The summed E-state index contributed by atoms with van der Waals surface area (Å²) in [5.41, 5.74) is -0.553. The number of pyridine rings is 1. The van der Waals surface area contributed by atoms with Gasteiger partial charge < -0.3 is 9.67 Å². The summed E-state index contributed by atoms with van der Waals surface area (Å²) in [5.74, 6) is 0.606. The highest BCUT2D eigenvalue weighted by Gasteiger charge is 2.30. The van der Waals surface area contributed by atoms with Crippen LogP contribution in [0.15, 0.2) is 12.1 Å². The molecular weight excluding hydrogens is 376 g/mol. The third-order valence-corrected chi connectivity index (χ3v) is 5.36. The van der Waals surface area contributed by atoms with E-state index in [1.165, 1.54) is 6.42 Å². The van der Waals surface area contributed by atoms with E-state index in [0.29, 0.717) is 24.0 Å². The molecule has 1 N–H and O–H groups in total. The fraction of sp³-hybridized carbons (Fsp3) is 0.632. The van der Waals surface area contributed by atoms with Gasteiger partial charge in [0.1, 0.15) is 41.2 Å². The number of unbranched alkanes of at least 4 members (excludes halogenated alkanes) is 1. The van der Waals surface area contributed by atoms with E-state index >= 15 is 0 Å². The summed E-state index contributed by atoms with van der Waals surface area (Å²) >= 11 is 6.04. The van der Waals surface area contributed by atoms with E-state index in [9.17, 15) is 18.7 Å². The number of aromatic nitrogens is 3. The molecular formula is C19H24ClF2N3O2. The number of aliphatic hydroxyl groups is 1. The van der Waals surface area contributed by atoms with Crippen molar-refractivity contribution in [2.24, 2.45) is 0 Å². The minimum atomic E-state index is -2.17. The first-order valence-corrected chi connectivity index (χ1v) is 9.73. The van der Waals surface area contributed by atoms with Gasteiger partial charge in [-0.2, -0.15) is 0 Å². The zero-order chi connectivity index (χ0) is 19.4. The van der Waals surface area contributed by atoms with Gasteiger partial charge in [0.2, 0.25) is 0 Å². The molecule has 0 radical (unpaired) electrons. The first kappa shape index (κ1) is 20.1. The van der Waals surface area contributed by atoms with Crippen molar-refractivity contribution in [1.29, 1.82) is 0 Å². The molecule has 1 aliphatic rings. The van der Waals surface area contributed by atoms with Crippen molar-refractivity contribution < 1.29 is 18.7 Å². The molecule has 0 amide bonds. The monoisotopic (exact) mass is 399 g/mol. The van der Waals surface area contributed by atoms with E-state index in [1.807, 2.05) is 6.07 Å². The Bertz CT molecular complexity index is 804. The molecule has 1 saturated carbocycles. The molecule has 2 aromatic rings. The van der Waals surface area contributed by atoms with Crippen LogP contribution in [0.1, 0.15) is 56.8 Å². The second-order valence-corrected chi connectivity index (χ2v) is 7.76. The number of fused-ring (bicyclic) bond motifs is 1. The molecule has 2 aromatic heterocycles. The molecule has 3 rings (SSSR count). The third kappa shape index (κ3) is 4.63. The molecule has 148 valence electrons. The lowest BCUT2D eigenvalue weighted by atomic mass is 9.92. The predicted molar refractivity (Wildman–Crippen MR) is 99.5 cm³/mol. The lowest BCUT2D eigenvalue weighted by molar-refractivity contribution is -0.125. The van der Waals surface area contributed by atoms with Gasteiger partial charge in [-0.1, -0.05) is 11.6 Å². The van der Waals surface area contributed by atoms with E-state index in [0.717, 1.165) is 36.3 Å². The average Bonchev–Trinajstić information content (AvgIpc) is 2.95. The number of nitrogens with zero attached hydrogens (tertiary/aromatic N) is 3. The van der Waals surface area contributed by atoms with E-state index in [2.05, 4.69) is 14.5 Å². The number of rotatable bonds is 10. The third-order valence-electron chi connectivity index (χ3n) is 5.15. The first-order valence-electron chi connectivity index (χ1n) is 9.35. The molecule has 0 atom stereocenters. The lowest BCUT2D eigenvalue weighted by Crippen LogP contribution is -2.36. The predicted octanol–water partition coefficient (Wildman–Crippen LogP) is 4.15. The van der Waals surface area contributed by atoms with Crippen LogP contribution in [0.2, 0.25) is 5.15 Å². The maximum atomic E-state index is 12.6. The standard InChI is InChI=1S/C19H24ClF2N3O2/c20-16-9-8-15-18(24-16)25(13-4-3-5-13)17(23-15)7-2-1-6-14(26)10-19(27,11-21)12-22/h8-9,13,27H,1-7,10-12H2. The van der Waals surface area contributed by atoms with Crippen LogP contribution in [-0.4, -0.2) is 44.4 Å². The largest absolute Gasteiger partial charge is 0.384 e. The van der Waals surface area contributed by atoms with Crippen molar-refractivity contribution in [3.8, 4) is 0 Å². The maximum Gasteiger partial charge on any atom is 0.161 e. The summed E-state index contributed by atoms with van der Waals surface area (Å²) in [6.07, 6.45) is 5.07. The topological polar surface area (TPSA) is 68.0 Å². The summed E-state index contributed by atoms with van der Waals surface area (Å²) in [4.78, 5) is 21.0. The van der Waals surface area contributed by atoms with Crippen LogP contribution in [-0.2, 0) is 11.2 Å². The highest BCUT2D eigenvalue weighted by atomic mass is 35.5. The summed E-state index contributed by atoms with van der Waals surface area (Å²) in [6, 6.07) is 3.98. The van der Waals surface area contributed by atoms with E-state index in [-0.39, 0.29) is 12.2 Å². The van der Waals surface area contributed by atoms with E-state index in [4.69, 9.17) is 11.6 Å². The van der Waals surface area contributed by atoms with Crippen LogP contribution in [0.25, 0.3) is 11.2 Å². The maximum absolute atomic E-state index is 12.6. The normalized spacial score (nSPS) is 15.3. The summed E-state index contributed by atoms with van der Waals surface area (Å²) in [6.45, 7) is -2.51. The molecule has 0 spiro atoms. The summed E-state index contributed by atoms with van der Waals surface area (Å²) < 4.78 is 27.4. The van der Waals surface area contributed by atoms with Gasteiger partial charge >= 0.3 is 0 Å². The van der Waals surface area contributed by atoms with Gasteiger partial charge in [0.25, 0.3) is 0 Å². The van der Waals surface area contributed by atoms with Crippen molar-refractivity contribution in [2.45, 2.75) is 63.0 Å². The zero-order valence-corrected chi connectivity index (χ0v) is 15.9. The lowest BCUT2D eigenvalue weighted by Gasteiger charge is -2.28. The summed E-state index contributed by atoms with van der Waals surface area (Å²) in [7, 11) is 0. The number of carbonyl (C=O) groups is 1. The minimum Gasteiger partial charge on any atom is -0.384 e. The Morgan fingerprint density at radius 3 is 2.63 bits per heavy atom. The average molecular weight is 400 g/mol. The van der Waals surface area contributed by atoms with E-state index in [1.54, 1.807) is 6.07 Å². The quantitative estimate of drug-likeness (QED) is 0.481. The zero-order valence-electron chi connectivity index (χ0n) is 15.1. The number of alkyl halides is 2. The Morgan fingerprint density at radius 1 is 1.26 bits per heavy atom. The second-order valence-electron chi connectivity index (χ2n) is 7.37. The van der Waals surface area contributed by atoms with Crippen molar-refractivity contribution in [1.82, 2.24) is 14.5 Å². The van der Waals surface area contributed by atoms with Gasteiger partial charge in [-0.05, 0) is 44.2 Å². The molecule has 0 aliphatic heterocycles. The Morgan fingerprint density at radius 2 is 2.00 bits per heavy atom. The van der Waals surface area contributed by atoms with E-state index < -0.39 is 25.4 Å². The first-order chi connectivity index (χ1) is 13.0. The van der Waals surface area contributed by atoms with Gasteiger partial charge in [0, 0.05) is 25.3 Å². The molecule has 5 nitrogen and oxygen atoms in total. The van der Waals surface area contributed by atoms with Crippen molar-refractivity contribution in [3.63, 3.8) is 0 Å². The van der Waals surface area contributed by atoms with Crippen LogP contribution < -0.4 is 0 Å². The van der Waals surface area contributed by atoms with Gasteiger partial charge in [0.05, 0.1) is 0 Å². The fourth-order valence-electron chi connectivity index (χ4n) is 3.39. The molecule has 1 fully saturated rings. The molecule has 1 aliphatic carbocycles. The summed E-state index contributed by atoms with van der Waals surface area (Å²) in [5, 5.41) is 10.0. The van der Waals surface area contributed by atoms with Gasteiger partial charge in [-0.3, -0.25) is 4.79 Å². The molecule has 0 saturated heterocycles. The van der Waals surface area contributed by atoms with Crippen molar-refractivity contribution in [2.75, 3.05) is 13.3 Å². The SMILES string of the molecule is O=C(CCCCc1nc2ccc(Cl)nc2n1C1CCC1)CC(O)(CF)CF. The number of carbonyl (C=O) groups excluding carboxylic acids is 1. The number of hydrogen-bond donors (Lipinski definition) is 1. The Labute approximate surface area is 161 Å². The molecule has 0 bridgehead atoms. The van der Waals surface area contributed by atoms with Gasteiger partial charge in [-0.25, -0.2) is 18.7 Å².